The van der Waals surface area contributed by atoms with E-state index in [0.29, 0.717) is 12.8 Å². The van der Waals surface area contributed by atoms with Crippen molar-refractivity contribution in [2.75, 3.05) is 6.54 Å². The van der Waals surface area contributed by atoms with Gasteiger partial charge in [-0.3, -0.25) is 4.79 Å². The monoisotopic (exact) mass is 272 g/mol. The molecule has 112 valence electrons. The number of nitrogens with two attached hydrogens (primary N) is 1. The number of carboxylic acids is 1. The molecular weight excluding hydrogens is 244 g/mol. The number of unbranched alkanes of at least 4 members (excludes halogenated alkanes) is 1. The molecule has 0 radical (unpaired) electrons. The summed E-state index contributed by atoms with van der Waals surface area (Å²) in [5, 5.41) is 11.7. The zero-order valence-corrected chi connectivity index (χ0v) is 12.5. The van der Waals surface area contributed by atoms with Crippen molar-refractivity contribution in [1.29, 1.82) is 0 Å². The summed E-state index contributed by atoms with van der Waals surface area (Å²) in [5.74, 6) is -1.56. The molecule has 0 aliphatic heterocycles. The third-order valence-corrected chi connectivity index (χ3v) is 2.98. The summed E-state index contributed by atoms with van der Waals surface area (Å²) in [6.07, 6.45) is 2.80. The van der Waals surface area contributed by atoms with Crippen LogP contribution < -0.4 is 11.1 Å². The molecule has 2 atom stereocenters. The molecule has 0 aromatic rings. The molecule has 0 aromatic carbocycles. The van der Waals surface area contributed by atoms with E-state index in [2.05, 4.69) is 5.32 Å². The highest BCUT2D eigenvalue weighted by Gasteiger charge is 2.27. The van der Waals surface area contributed by atoms with Crippen LogP contribution in [-0.2, 0) is 9.59 Å². The van der Waals surface area contributed by atoms with Gasteiger partial charge in [-0.15, -0.1) is 0 Å². The Hall–Kier alpha value is -1.10. The molecule has 0 spiro atoms. The summed E-state index contributed by atoms with van der Waals surface area (Å²) in [5.41, 5.74) is 5.61. The van der Waals surface area contributed by atoms with Gasteiger partial charge in [0, 0.05) is 6.54 Å². The summed E-state index contributed by atoms with van der Waals surface area (Å²) >= 11 is 0. The van der Waals surface area contributed by atoms with Crippen molar-refractivity contribution in [3.63, 3.8) is 0 Å². The number of carbonyl (C=O) groups excluding carboxylic acids is 1. The zero-order chi connectivity index (χ0) is 15.1. The lowest BCUT2D eigenvalue weighted by atomic mass is 9.84. The van der Waals surface area contributed by atoms with Crippen LogP contribution in [0.3, 0.4) is 0 Å². The van der Waals surface area contributed by atoms with Gasteiger partial charge in [-0.1, -0.05) is 40.5 Å². The fraction of sp³-hybridized carbons (Fsp3) is 0.857. The average molecular weight is 272 g/mol. The highest BCUT2D eigenvalue weighted by atomic mass is 16.4. The first-order valence-electron chi connectivity index (χ1n) is 6.94. The molecule has 0 aromatic heterocycles. The van der Waals surface area contributed by atoms with Gasteiger partial charge in [0.1, 0.15) is 6.04 Å². The molecule has 0 aliphatic rings. The minimum Gasteiger partial charge on any atom is -0.480 e. The third kappa shape index (κ3) is 7.82. The number of carbonyl (C=O) groups is 2. The van der Waals surface area contributed by atoms with Crippen LogP contribution in [0.4, 0.5) is 0 Å². The van der Waals surface area contributed by atoms with Crippen molar-refractivity contribution in [2.45, 2.75) is 59.4 Å². The fourth-order valence-electron chi connectivity index (χ4n) is 1.98. The fourth-order valence-corrected chi connectivity index (χ4v) is 1.98. The number of rotatable bonds is 8. The Morgan fingerprint density at radius 3 is 2.26 bits per heavy atom. The van der Waals surface area contributed by atoms with E-state index < -0.39 is 12.0 Å². The van der Waals surface area contributed by atoms with Crippen molar-refractivity contribution in [3.8, 4) is 0 Å². The molecule has 0 saturated heterocycles. The van der Waals surface area contributed by atoms with E-state index in [-0.39, 0.29) is 23.8 Å². The first-order valence-corrected chi connectivity index (χ1v) is 6.94. The van der Waals surface area contributed by atoms with Crippen LogP contribution in [0.1, 0.15) is 53.4 Å². The minimum atomic E-state index is -0.978. The van der Waals surface area contributed by atoms with Gasteiger partial charge < -0.3 is 16.2 Å². The van der Waals surface area contributed by atoms with Gasteiger partial charge >= 0.3 is 5.97 Å². The van der Waals surface area contributed by atoms with Crippen LogP contribution >= 0.6 is 0 Å². The number of hydrogen-bond donors (Lipinski definition) is 3. The standard InChI is InChI=1S/C14H28N2O3/c1-5-6-7-11(13(18)19)16-12(17)10(9-15)8-14(2,3)4/h10-11H,5-9,15H2,1-4H3,(H,16,17)(H,18,19). The number of nitrogens with one attached hydrogen (secondary N) is 1. The second kappa shape index (κ2) is 8.15. The molecule has 5 nitrogen and oxygen atoms in total. The summed E-state index contributed by atoms with van der Waals surface area (Å²) in [7, 11) is 0. The number of hydrogen-bond acceptors (Lipinski definition) is 3. The SMILES string of the molecule is CCCCC(NC(=O)C(CN)CC(C)(C)C)C(=O)O. The Balaban J connectivity index is 4.55. The van der Waals surface area contributed by atoms with Crippen LogP contribution in [0.25, 0.3) is 0 Å². The molecule has 0 fully saturated rings. The largest absolute Gasteiger partial charge is 0.480 e. The van der Waals surface area contributed by atoms with E-state index in [1.54, 1.807) is 0 Å². The van der Waals surface area contributed by atoms with Gasteiger partial charge in [0.25, 0.3) is 0 Å². The van der Waals surface area contributed by atoms with Crippen molar-refractivity contribution in [3.05, 3.63) is 0 Å². The van der Waals surface area contributed by atoms with Crippen molar-refractivity contribution < 1.29 is 14.7 Å². The number of amides is 1. The molecule has 19 heavy (non-hydrogen) atoms. The second-order valence-corrected chi connectivity index (χ2v) is 6.24. The molecule has 0 bridgehead atoms. The minimum absolute atomic E-state index is 0.0104. The maximum Gasteiger partial charge on any atom is 0.326 e. The van der Waals surface area contributed by atoms with Crippen LogP contribution in [-0.4, -0.2) is 29.6 Å². The Bertz CT molecular complexity index is 298. The highest BCUT2D eigenvalue weighted by Crippen LogP contribution is 2.24. The highest BCUT2D eigenvalue weighted by molar-refractivity contribution is 5.85. The lowest BCUT2D eigenvalue weighted by molar-refractivity contribution is -0.142. The molecular formula is C14H28N2O3. The average Bonchev–Trinajstić information content (AvgIpc) is 2.29. The summed E-state index contributed by atoms with van der Waals surface area (Å²) in [6, 6.07) is -0.804. The second-order valence-electron chi connectivity index (χ2n) is 6.24. The summed E-state index contributed by atoms with van der Waals surface area (Å²) < 4.78 is 0. The molecule has 0 aliphatic carbocycles. The Morgan fingerprint density at radius 1 is 1.32 bits per heavy atom. The first kappa shape index (κ1) is 17.9. The first-order chi connectivity index (χ1) is 8.71. The molecule has 5 heteroatoms. The van der Waals surface area contributed by atoms with Gasteiger partial charge in [0.15, 0.2) is 0 Å². The van der Waals surface area contributed by atoms with Crippen LogP contribution in [0.5, 0.6) is 0 Å². The van der Waals surface area contributed by atoms with E-state index in [1.165, 1.54) is 0 Å². The van der Waals surface area contributed by atoms with Gasteiger partial charge in [-0.2, -0.15) is 0 Å². The quantitative estimate of drug-likeness (QED) is 0.627. The lowest BCUT2D eigenvalue weighted by Crippen LogP contribution is -2.46. The molecule has 1 amide bonds. The predicted octanol–water partition coefficient (Wildman–Crippen LogP) is 1.76. The molecule has 2 unspecified atom stereocenters. The van der Waals surface area contributed by atoms with Gasteiger partial charge in [0.05, 0.1) is 5.92 Å². The predicted molar refractivity (Wildman–Crippen MR) is 75.7 cm³/mol. The van der Waals surface area contributed by atoms with E-state index in [9.17, 15) is 9.59 Å². The molecule has 0 heterocycles. The van der Waals surface area contributed by atoms with E-state index in [1.807, 2.05) is 27.7 Å². The molecule has 4 N–H and O–H groups in total. The van der Waals surface area contributed by atoms with E-state index in [0.717, 1.165) is 12.8 Å². The Morgan fingerprint density at radius 2 is 1.89 bits per heavy atom. The Labute approximate surface area is 115 Å². The van der Waals surface area contributed by atoms with Crippen molar-refractivity contribution in [1.82, 2.24) is 5.32 Å². The number of carboxylic acid groups (broad SMARTS) is 1. The molecule has 0 rings (SSSR count). The van der Waals surface area contributed by atoms with Crippen LogP contribution in [0.15, 0.2) is 0 Å². The Kier molecular flexibility index (Phi) is 7.68. The van der Waals surface area contributed by atoms with Gasteiger partial charge in [-0.25, -0.2) is 4.79 Å². The topological polar surface area (TPSA) is 92.4 Å². The van der Waals surface area contributed by atoms with Gasteiger partial charge in [-0.05, 0) is 18.3 Å². The molecule has 0 saturated carbocycles. The van der Waals surface area contributed by atoms with E-state index in [4.69, 9.17) is 10.8 Å². The lowest BCUT2D eigenvalue weighted by Gasteiger charge is -2.25. The third-order valence-electron chi connectivity index (χ3n) is 2.98. The summed E-state index contributed by atoms with van der Waals surface area (Å²) in [4.78, 5) is 23.2. The maximum absolute atomic E-state index is 12.1. The van der Waals surface area contributed by atoms with Crippen molar-refractivity contribution >= 4 is 11.9 Å². The summed E-state index contributed by atoms with van der Waals surface area (Å²) in [6.45, 7) is 8.34. The van der Waals surface area contributed by atoms with Crippen LogP contribution in [0, 0.1) is 11.3 Å². The normalized spacial score (nSPS) is 14.8. The van der Waals surface area contributed by atoms with Gasteiger partial charge in [0.2, 0.25) is 5.91 Å². The van der Waals surface area contributed by atoms with Crippen molar-refractivity contribution in [2.24, 2.45) is 17.1 Å². The maximum atomic E-state index is 12.1. The number of aliphatic carboxylic acids is 1. The van der Waals surface area contributed by atoms with E-state index >= 15 is 0 Å². The zero-order valence-electron chi connectivity index (χ0n) is 12.5. The van der Waals surface area contributed by atoms with Crippen LogP contribution in [0.2, 0.25) is 0 Å². The smallest absolute Gasteiger partial charge is 0.326 e.